The number of carbonyl (C=O) groups excluding carboxylic acids is 2. The number of hydrogen-bond acceptors (Lipinski definition) is 5. The van der Waals surface area contributed by atoms with E-state index in [4.69, 9.17) is 4.74 Å². The van der Waals surface area contributed by atoms with E-state index in [-0.39, 0.29) is 12.5 Å². The van der Waals surface area contributed by atoms with Crippen molar-refractivity contribution in [1.82, 2.24) is 14.7 Å². The van der Waals surface area contributed by atoms with E-state index in [0.29, 0.717) is 30.0 Å². The summed E-state index contributed by atoms with van der Waals surface area (Å²) in [5.74, 6) is 0.702. The predicted octanol–water partition coefficient (Wildman–Crippen LogP) is 2.97. The SMILES string of the molecule is CCOC(=O)c1cnn(C)c1NC(=O)CN(C1CCC(CC)CC1)C1CC1. The number of anilines is 1. The molecule has 3 rings (SSSR count). The van der Waals surface area contributed by atoms with Crippen LogP contribution in [0.2, 0.25) is 0 Å². The average molecular weight is 377 g/mol. The number of esters is 1. The fourth-order valence-electron chi connectivity index (χ4n) is 4.13. The van der Waals surface area contributed by atoms with Gasteiger partial charge in [-0.3, -0.25) is 14.4 Å². The summed E-state index contributed by atoms with van der Waals surface area (Å²) in [7, 11) is 1.71. The molecule has 1 N–H and O–H groups in total. The molecule has 1 aromatic rings. The van der Waals surface area contributed by atoms with Crippen LogP contribution in [0.4, 0.5) is 5.82 Å². The van der Waals surface area contributed by atoms with Crippen molar-refractivity contribution in [2.75, 3.05) is 18.5 Å². The molecule has 7 nitrogen and oxygen atoms in total. The van der Waals surface area contributed by atoms with Crippen LogP contribution >= 0.6 is 0 Å². The van der Waals surface area contributed by atoms with Gasteiger partial charge in [-0.15, -0.1) is 0 Å². The van der Waals surface area contributed by atoms with Gasteiger partial charge in [-0.05, 0) is 51.4 Å². The van der Waals surface area contributed by atoms with Crippen molar-refractivity contribution < 1.29 is 14.3 Å². The summed E-state index contributed by atoms with van der Waals surface area (Å²) < 4.78 is 6.57. The number of aryl methyl sites for hydroxylation is 1. The van der Waals surface area contributed by atoms with Crippen LogP contribution in [0.3, 0.4) is 0 Å². The van der Waals surface area contributed by atoms with Crippen LogP contribution in [0, 0.1) is 5.92 Å². The number of ether oxygens (including phenoxy) is 1. The lowest BCUT2D eigenvalue weighted by Gasteiger charge is -2.36. The van der Waals surface area contributed by atoms with E-state index in [2.05, 4.69) is 22.2 Å². The molecule has 1 heterocycles. The maximum Gasteiger partial charge on any atom is 0.343 e. The summed E-state index contributed by atoms with van der Waals surface area (Å²) in [5, 5.41) is 6.98. The fourth-order valence-corrected chi connectivity index (χ4v) is 4.13. The Hall–Kier alpha value is -1.89. The van der Waals surface area contributed by atoms with Crippen LogP contribution in [0.25, 0.3) is 0 Å². The lowest BCUT2D eigenvalue weighted by Crippen LogP contribution is -2.44. The Labute approximate surface area is 161 Å². The zero-order valence-electron chi connectivity index (χ0n) is 16.7. The second kappa shape index (κ2) is 8.87. The molecule has 1 amide bonds. The molecule has 0 atom stereocenters. The van der Waals surface area contributed by atoms with E-state index >= 15 is 0 Å². The molecule has 0 aromatic carbocycles. The van der Waals surface area contributed by atoms with Crippen LogP contribution in [-0.4, -0.2) is 51.8 Å². The monoisotopic (exact) mass is 376 g/mol. The molecule has 2 saturated carbocycles. The standard InChI is InChI=1S/C20H32N4O3/c1-4-14-6-8-15(9-7-14)24(16-10-11-16)13-18(25)22-19-17(12-21-23(19)3)20(26)27-5-2/h12,14-16H,4-11,13H2,1-3H3,(H,22,25). The van der Waals surface area contributed by atoms with Gasteiger partial charge in [0.05, 0.1) is 19.3 Å². The summed E-state index contributed by atoms with van der Waals surface area (Å²) in [6.07, 6.45) is 9.96. The van der Waals surface area contributed by atoms with Crippen molar-refractivity contribution >= 4 is 17.7 Å². The summed E-state index contributed by atoms with van der Waals surface area (Å²) in [6.45, 7) is 4.69. The normalized spacial score (nSPS) is 22.7. The Morgan fingerprint density at radius 2 is 1.81 bits per heavy atom. The lowest BCUT2D eigenvalue weighted by molar-refractivity contribution is -0.118. The van der Waals surface area contributed by atoms with E-state index in [1.807, 2.05) is 0 Å². The maximum atomic E-state index is 12.8. The van der Waals surface area contributed by atoms with Gasteiger partial charge < -0.3 is 10.1 Å². The van der Waals surface area contributed by atoms with Crippen molar-refractivity contribution in [2.24, 2.45) is 13.0 Å². The molecule has 27 heavy (non-hydrogen) atoms. The highest BCUT2D eigenvalue weighted by molar-refractivity contribution is 6.00. The third-order valence-electron chi connectivity index (χ3n) is 5.90. The minimum atomic E-state index is -0.460. The predicted molar refractivity (Wildman–Crippen MR) is 104 cm³/mol. The number of rotatable bonds is 8. The second-order valence-corrected chi connectivity index (χ2v) is 7.79. The van der Waals surface area contributed by atoms with Gasteiger partial charge in [0.15, 0.2) is 0 Å². The molecule has 0 radical (unpaired) electrons. The number of amides is 1. The van der Waals surface area contributed by atoms with E-state index in [0.717, 1.165) is 5.92 Å². The zero-order valence-corrected chi connectivity index (χ0v) is 16.7. The molecule has 150 valence electrons. The molecular weight excluding hydrogens is 344 g/mol. The van der Waals surface area contributed by atoms with Crippen molar-refractivity contribution in [2.45, 2.75) is 70.9 Å². The number of carbonyl (C=O) groups is 2. The Morgan fingerprint density at radius 3 is 2.37 bits per heavy atom. The molecule has 0 bridgehead atoms. The highest BCUT2D eigenvalue weighted by atomic mass is 16.5. The molecule has 0 unspecified atom stereocenters. The van der Waals surface area contributed by atoms with Crippen LogP contribution in [-0.2, 0) is 16.6 Å². The van der Waals surface area contributed by atoms with E-state index in [9.17, 15) is 9.59 Å². The molecule has 2 aliphatic rings. The van der Waals surface area contributed by atoms with Gasteiger partial charge in [0, 0.05) is 19.1 Å². The van der Waals surface area contributed by atoms with Crippen molar-refractivity contribution in [3.05, 3.63) is 11.8 Å². The Kier molecular flexibility index (Phi) is 6.52. The van der Waals surface area contributed by atoms with Crippen LogP contribution < -0.4 is 5.32 Å². The van der Waals surface area contributed by atoms with Gasteiger partial charge in [-0.2, -0.15) is 5.10 Å². The van der Waals surface area contributed by atoms with Crippen molar-refractivity contribution in [1.29, 1.82) is 0 Å². The van der Waals surface area contributed by atoms with Crippen molar-refractivity contribution in [3.63, 3.8) is 0 Å². The number of aromatic nitrogens is 2. The van der Waals surface area contributed by atoms with Crippen LogP contribution in [0.5, 0.6) is 0 Å². The lowest BCUT2D eigenvalue weighted by atomic mass is 9.84. The molecule has 7 heteroatoms. The third-order valence-corrected chi connectivity index (χ3v) is 5.90. The topological polar surface area (TPSA) is 76.5 Å². The minimum Gasteiger partial charge on any atom is -0.462 e. The smallest absolute Gasteiger partial charge is 0.343 e. The summed E-state index contributed by atoms with van der Waals surface area (Å²) in [4.78, 5) is 27.2. The Bertz CT molecular complexity index is 660. The summed E-state index contributed by atoms with van der Waals surface area (Å²) >= 11 is 0. The largest absolute Gasteiger partial charge is 0.462 e. The van der Waals surface area contributed by atoms with Crippen LogP contribution in [0.15, 0.2) is 6.20 Å². The fraction of sp³-hybridized carbons (Fsp3) is 0.750. The van der Waals surface area contributed by atoms with Crippen molar-refractivity contribution in [3.8, 4) is 0 Å². The van der Waals surface area contributed by atoms with Gasteiger partial charge in [-0.1, -0.05) is 13.3 Å². The van der Waals surface area contributed by atoms with Crippen LogP contribution in [0.1, 0.15) is 69.2 Å². The first-order valence-corrected chi connectivity index (χ1v) is 10.3. The average Bonchev–Trinajstić information content (AvgIpc) is 3.44. The molecule has 0 aliphatic heterocycles. The molecular formula is C20H32N4O3. The molecule has 1 aromatic heterocycles. The highest BCUT2D eigenvalue weighted by Crippen LogP contribution is 2.36. The number of nitrogens with zero attached hydrogens (tertiary/aromatic N) is 3. The first-order chi connectivity index (χ1) is 13.0. The second-order valence-electron chi connectivity index (χ2n) is 7.79. The molecule has 2 fully saturated rings. The molecule has 2 aliphatic carbocycles. The van der Waals surface area contributed by atoms with E-state index in [1.165, 1.54) is 55.8 Å². The quantitative estimate of drug-likeness (QED) is 0.706. The Balaban J connectivity index is 1.62. The van der Waals surface area contributed by atoms with Gasteiger partial charge in [-0.25, -0.2) is 4.79 Å². The third kappa shape index (κ3) is 4.89. The zero-order chi connectivity index (χ0) is 19.4. The highest BCUT2D eigenvalue weighted by Gasteiger charge is 2.36. The number of hydrogen-bond donors (Lipinski definition) is 1. The number of nitrogens with one attached hydrogen (secondary N) is 1. The Morgan fingerprint density at radius 1 is 1.19 bits per heavy atom. The van der Waals surface area contributed by atoms with Gasteiger partial charge >= 0.3 is 5.97 Å². The first-order valence-electron chi connectivity index (χ1n) is 10.3. The summed E-state index contributed by atoms with van der Waals surface area (Å²) in [5.41, 5.74) is 0.300. The molecule has 0 saturated heterocycles. The van der Waals surface area contributed by atoms with E-state index < -0.39 is 5.97 Å². The van der Waals surface area contributed by atoms with Gasteiger partial charge in [0.25, 0.3) is 0 Å². The first kappa shape index (κ1) is 19.9. The van der Waals surface area contributed by atoms with Gasteiger partial charge in [0.1, 0.15) is 11.4 Å². The maximum absolute atomic E-state index is 12.8. The minimum absolute atomic E-state index is 0.0892. The molecule has 0 spiro atoms. The van der Waals surface area contributed by atoms with E-state index in [1.54, 1.807) is 14.0 Å². The summed E-state index contributed by atoms with van der Waals surface area (Å²) in [6, 6.07) is 1.04. The van der Waals surface area contributed by atoms with Gasteiger partial charge in [0.2, 0.25) is 5.91 Å².